The largest absolute Gasteiger partial charge is 0.449 e. The van der Waals surface area contributed by atoms with E-state index in [0.29, 0.717) is 43.5 Å². The number of carbonyl (C=O) groups excluding carboxylic acids is 2. The lowest BCUT2D eigenvalue weighted by molar-refractivity contribution is -0.135. The third-order valence-electron chi connectivity index (χ3n) is 8.20. The molecule has 3 fully saturated rings. The van der Waals surface area contributed by atoms with E-state index < -0.39 is 0 Å². The molecule has 9 nitrogen and oxygen atoms in total. The number of piperidine rings is 1. The normalized spacial score (nSPS) is 23.5. The minimum Gasteiger partial charge on any atom is -0.449 e. The molecule has 4 heterocycles. The molecule has 0 radical (unpaired) electrons. The van der Waals surface area contributed by atoms with Crippen molar-refractivity contribution in [3.05, 3.63) is 58.7 Å². The summed E-state index contributed by atoms with van der Waals surface area (Å²) in [5.74, 6) is 1.08. The van der Waals surface area contributed by atoms with E-state index in [1.165, 1.54) is 0 Å². The molecule has 10 heteroatoms. The Bertz CT molecular complexity index is 1190. The van der Waals surface area contributed by atoms with Crippen molar-refractivity contribution in [1.82, 2.24) is 14.8 Å². The van der Waals surface area contributed by atoms with Gasteiger partial charge in [0, 0.05) is 68.8 Å². The van der Waals surface area contributed by atoms with Crippen LogP contribution in [-0.2, 0) is 14.3 Å². The number of aromatic nitrogens is 1. The highest BCUT2D eigenvalue weighted by Crippen LogP contribution is 2.34. The summed E-state index contributed by atoms with van der Waals surface area (Å²) in [4.78, 5) is 36.8. The standard InChI is InChI=1S/C29H34ClN5O4/c1-33(29(37)39-19-21-10-13-38-18-21)26-17-35(16-25(26)22-3-5-24(30)6-4-22)28(36)23-8-11-34(12-9-23)27-7-2-20(14-31)15-32-27/h2-7,15,21,23,25-26H,8-13,16-19H2,1H3. The average Bonchev–Trinajstić information content (AvgIpc) is 3.66. The van der Waals surface area contributed by atoms with Gasteiger partial charge in [0.2, 0.25) is 5.91 Å². The van der Waals surface area contributed by atoms with Gasteiger partial charge in [0.15, 0.2) is 0 Å². The van der Waals surface area contributed by atoms with Crippen molar-refractivity contribution in [2.75, 3.05) is 57.9 Å². The third-order valence-corrected chi connectivity index (χ3v) is 8.45. The van der Waals surface area contributed by atoms with Gasteiger partial charge in [0.05, 0.1) is 24.8 Å². The van der Waals surface area contributed by atoms with Crippen molar-refractivity contribution in [3.63, 3.8) is 0 Å². The van der Waals surface area contributed by atoms with Crippen LogP contribution in [-0.4, -0.2) is 85.9 Å². The molecule has 206 valence electrons. The molecular formula is C29H34ClN5O4. The van der Waals surface area contributed by atoms with Crippen LogP contribution in [0, 0.1) is 23.2 Å². The first kappa shape index (κ1) is 27.2. The maximum absolute atomic E-state index is 13.7. The van der Waals surface area contributed by atoms with E-state index in [4.69, 9.17) is 26.3 Å². The number of rotatable bonds is 6. The van der Waals surface area contributed by atoms with Crippen LogP contribution < -0.4 is 4.90 Å². The molecule has 3 unspecified atom stereocenters. The Morgan fingerprint density at radius 2 is 1.92 bits per heavy atom. The van der Waals surface area contributed by atoms with Crippen molar-refractivity contribution in [3.8, 4) is 6.07 Å². The van der Waals surface area contributed by atoms with Crippen LogP contribution in [0.15, 0.2) is 42.6 Å². The van der Waals surface area contributed by atoms with E-state index in [2.05, 4.69) is 16.0 Å². The predicted molar refractivity (Wildman–Crippen MR) is 146 cm³/mol. The number of nitriles is 1. The molecule has 1 aromatic heterocycles. The molecule has 39 heavy (non-hydrogen) atoms. The topological polar surface area (TPSA) is 99.0 Å². The number of hydrogen-bond donors (Lipinski definition) is 0. The first-order valence-electron chi connectivity index (χ1n) is 13.6. The second kappa shape index (κ2) is 12.2. The van der Waals surface area contributed by atoms with Gasteiger partial charge in [-0.15, -0.1) is 0 Å². The highest BCUT2D eigenvalue weighted by atomic mass is 35.5. The molecule has 3 aliphatic rings. The fourth-order valence-electron chi connectivity index (χ4n) is 5.79. The summed E-state index contributed by atoms with van der Waals surface area (Å²) in [6.07, 6.45) is 3.57. The molecule has 0 bridgehead atoms. The van der Waals surface area contributed by atoms with Gasteiger partial charge in [0.25, 0.3) is 0 Å². The first-order valence-corrected chi connectivity index (χ1v) is 13.9. The van der Waals surface area contributed by atoms with E-state index in [1.807, 2.05) is 35.2 Å². The zero-order valence-corrected chi connectivity index (χ0v) is 22.9. The van der Waals surface area contributed by atoms with Crippen LogP contribution in [0.5, 0.6) is 0 Å². The summed E-state index contributed by atoms with van der Waals surface area (Å²) in [5, 5.41) is 9.66. The van der Waals surface area contributed by atoms with Gasteiger partial charge in [-0.25, -0.2) is 9.78 Å². The minimum atomic E-state index is -0.372. The van der Waals surface area contributed by atoms with E-state index in [9.17, 15) is 9.59 Å². The van der Waals surface area contributed by atoms with E-state index >= 15 is 0 Å². The van der Waals surface area contributed by atoms with Crippen LogP contribution in [0.1, 0.15) is 36.3 Å². The number of ether oxygens (including phenoxy) is 2. The number of pyridine rings is 1. The summed E-state index contributed by atoms with van der Waals surface area (Å²) in [6, 6.07) is 13.2. The van der Waals surface area contributed by atoms with E-state index in [-0.39, 0.29) is 35.8 Å². The summed E-state index contributed by atoms with van der Waals surface area (Å²) in [6.45, 7) is 4.12. The van der Waals surface area contributed by atoms with Crippen LogP contribution in [0.25, 0.3) is 0 Å². The van der Waals surface area contributed by atoms with Gasteiger partial charge in [0.1, 0.15) is 11.9 Å². The fraction of sp³-hybridized carbons (Fsp3) is 0.517. The van der Waals surface area contributed by atoms with Crippen LogP contribution in [0.3, 0.4) is 0 Å². The molecule has 2 aromatic rings. The molecular weight excluding hydrogens is 518 g/mol. The van der Waals surface area contributed by atoms with Gasteiger partial charge in [-0.1, -0.05) is 23.7 Å². The number of likely N-dealkylation sites (tertiary alicyclic amines) is 1. The van der Waals surface area contributed by atoms with Gasteiger partial charge in [-0.2, -0.15) is 5.26 Å². The zero-order chi connectivity index (χ0) is 27.4. The number of anilines is 1. The molecule has 3 saturated heterocycles. The second-order valence-electron chi connectivity index (χ2n) is 10.7. The molecule has 0 spiro atoms. The lowest BCUT2D eigenvalue weighted by Gasteiger charge is -2.34. The number of hydrogen-bond acceptors (Lipinski definition) is 7. The third kappa shape index (κ3) is 6.29. The highest BCUT2D eigenvalue weighted by Gasteiger charge is 2.42. The van der Waals surface area contributed by atoms with E-state index in [0.717, 1.165) is 43.7 Å². The highest BCUT2D eigenvalue weighted by molar-refractivity contribution is 6.30. The number of halogens is 1. The second-order valence-corrected chi connectivity index (χ2v) is 11.1. The quantitative estimate of drug-likeness (QED) is 0.536. The average molecular weight is 552 g/mol. The van der Waals surface area contributed by atoms with Gasteiger partial charge in [-0.3, -0.25) is 4.79 Å². The van der Waals surface area contributed by atoms with Gasteiger partial charge in [-0.05, 0) is 49.1 Å². The molecule has 0 N–H and O–H groups in total. The number of carbonyl (C=O) groups is 2. The Morgan fingerprint density at radius 1 is 1.15 bits per heavy atom. The van der Waals surface area contributed by atoms with Gasteiger partial charge >= 0.3 is 6.09 Å². The Hall–Kier alpha value is -3.35. The maximum Gasteiger partial charge on any atom is 0.409 e. The smallest absolute Gasteiger partial charge is 0.409 e. The summed E-state index contributed by atoms with van der Waals surface area (Å²) in [7, 11) is 1.76. The Balaban J connectivity index is 1.23. The summed E-state index contributed by atoms with van der Waals surface area (Å²) < 4.78 is 11.0. The summed E-state index contributed by atoms with van der Waals surface area (Å²) in [5.41, 5.74) is 1.58. The predicted octanol–water partition coefficient (Wildman–Crippen LogP) is 3.92. The Kier molecular flexibility index (Phi) is 8.53. The molecule has 3 aliphatic heterocycles. The lowest BCUT2D eigenvalue weighted by Crippen LogP contribution is -2.44. The molecule has 3 atom stereocenters. The van der Waals surface area contributed by atoms with Crippen molar-refractivity contribution in [2.45, 2.75) is 31.2 Å². The zero-order valence-electron chi connectivity index (χ0n) is 22.2. The number of benzene rings is 1. The summed E-state index contributed by atoms with van der Waals surface area (Å²) >= 11 is 6.14. The van der Waals surface area contributed by atoms with Crippen LogP contribution in [0.4, 0.5) is 10.6 Å². The molecule has 0 aliphatic carbocycles. The molecule has 1 aromatic carbocycles. The van der Waals surface area contributed by atoms with Crippen molar-refractivity contribution in [1.29, 1.82) is 5.26 Å². The van der Waals surface area contributed by atoms with Crippen LogP contribution in [0.2, 0.25) is 5.02 Å². The van der Waals surface area contributed by atoms with E-state index in [1.54, 1.807) is 24.2 Å². The molecule has 0 saturated carbocycles. The number of amides is 2. The monoisotopic (exact) mass is 551 g/mol. The fourth-order valence-corrected chi connectivity index (χ4v) is 5.92. The number of likely N-dealkylation sites (N-methyl/N-ethyl adjacent to an activating group) is 1. The molecule has 5 rings (SSSR count). The Morgan fingerprint density at radius 3 is 2.56 bits per heavy atom. The first-order chi connectivity index (χ1) is 18.9. The molecule has 2 amide bonds. The van der Waals surface area contributed by atoms with Crippen molar-refractivity contribution in [2.24, 2.45) is 11.8 Å². The minimum absolute atomic E-state index is 0.0403. The SMILES string of the molecule is CN(C(=O)OCC1CCOC1)C1CN(C(=O)C2CCN(c3ccc(C#N)cn3)CC2)CC1c1ccc(Cl)cc1. The Labute approximate surface area is 234 Å². The van der Waals surface area contributed by atoms with Crippen molar-refractivity contribution >= 4 is 29.4 Å². The van der Waals surface area contributed by atoms with Gasteiger partial charge < -0.3 is 24.2 Å². The maximum atomic E-state index is 13.7. The van der Waals surface area contributed by atoms with Crippen molar-refractivity contribution < 1.29 is 19.1 Å². The number of nitrogens with zero attached hydrogens (tertiary/aromatic N) is 5. The van der Waals surface area contributed by atoms with Crippen LogP contribution >= 0.6 is 11.6 Å². The lowest BCUT2D eigenvalue weighted by atomic mass is 9.93.